The highest BCUT2D eigenvalue weighted by Crippen LogP contribution is 2.30. The zero-order chi connectivity index (χ0) is 15.3. The van der Waals surface area contributed by atoms with Gasteiger partial charge in [0, 0.05) is 0 Å². The van der Waals surface area contributed by atoms with Crippen LogP contribution >= 0.6 is 11.6 Å². The van der Waals surface area contributed by atoms with E-state index in [1.54, 1.807) is 12.1 Å². The van der Waals surface area contributed by atoms with E-state index in [-0.39, 0.29) is 5.96 Å². The maximum atomic E-state index is 14.3. The van der Waals surface area contributed by atoms with E-state index in [9.17, 15) is 4.39 Å². The van der Waals surface area contributed by atoms with Crippen LogP contribution in [0.15, 0.2) is 47.5 Å². The zero-order valence-electron chi connectivity index (χ0n) is 11.3. The first-order chi connectivity index (χ1) is 10.6. The largest absolute Gasteiger partial charge is 0.365 e. The van der Waals surface area contributed by atoms with Crippen molar-refractivity contribution in [1.82, 2.24) is 4.98 Å². The lowest BCUT2D eigenvalue weighted by Crippen LogP contribution is -2.48. The van der Waals surface area contributed by atoms with Gasteiger partial charge >= 0.3 is 5.95 Å². The fraction of sp³-hybridized carbons (Fsp3) is 0.0667. The van der Waals surface area contributed by atoms with Crippen LogP contribution < -0.4 is 15.6 Å². The number of aliphatic imine (C=N–C) groups is 1. The summed E-state index contributed by atoms with van der Waals surface area (Å²) in [7, 11) is 0. The number of hydrogen-bond acceptors (Lipinski definition) is 3. The molecular weight excluding hydrogens is 305 g/mol. The molecule has 2 heterocycles. The Morgan fingerprint density at radius 1 is 1.18 bits per heavy atom. The Morgan fingerprint density at radius 3 is 2.82 bits per heavy atom. The number of aromatic nitrogens is 2. The lowest BCUT2D eigenvalue weighted by Gasteiger charge is -2.19. The number of guanidine groups is 1. The highest BCUT2D eigenvalue weighted by molar-refractivity contribution is 6.31. The van der Waals surface area contributed by atoms with E-state index >= 15 is 0 Å². The molecule has 0 bridgehead atoms. The van der Waals surface area contributed by atoms with Crippen LogP contribution in [0.1, 0.15) is 11.7 Å². The van der Waals surface area contributed by atoms with E-state index in [1.807, 2.05) is 28.8 Å². The molecule has 0 radical (unpaired) electrons. The van der Waals surface area contributed by atoms with E-state index < -0.39 is 12.0 Å². The molecule has 5 nitrogen and oxygen atoms in total. The number of benzene rings is 2. The summed E-state index contributed by atoms with van der Waals surface area (Å²) in [6.45, 7) is 0. The lowest BCUT2D eigenvalue weighted by molar-refractivity contribution is -0.674. The second-order valence-electron chi connectivity index (χ2n) is 5.01. The number of aromatic amines is 1. The number of nitrogens with one attached hydrogen (secondary N) is 2. The lowest BCUT2D eigenvalue weighted by atomic mass is 10.1. The third-order valence-corrected chi connectivity index (χ3v) is 4.00. The average molecular weight is 317 g/mol. The van der Waals surface area contributed by atoms with Crippen LogP contribution in [0.4, 0.5) is 10.3 Å². The van der Waals surface area contributed by atoms with Crippen LogP contribution in [-0.4, -0.2) is 10.9 Å². The van der Waals surface area contributed by atoms with Crippen LogP contribution in [0.5, 0.6) is 0 Å². The first-order valence-corrected chi connectivity index (χ1v) is 7.09. The molecule has 1 aliphatic rings. The minimum atomic E-state index is -0.666. The Kier molecular flexibility index (Phi) is 2.80. The van der Waals surface area contributed by atoms with Gasteiger partial charge in [0.15, 0.2) is 0 Å². The van der Waals surface area contributed by atoms with Crippen molar-refractivity contribution in [2.75, 3.05) is 5.32 Å². The summed E-state index contributed by atoms with van der Waals surface area (Å²) in [4.78, 5) is 7.55. The van der Waals surface area contributed by atoms with Crippen molar-refractivity contribution in [2.45, 2.75) is 6.17 Å². The molecule has 110 valence electrons. The van der Waals surface area contributed by atoms with Crippen LogP contribution in [0.2, 0.25) is 5.02 Å². The van der Waals surface area contributed by atoms with Crippen molar-refractivity contribution >= 4 is 34.5 Å². The van der Waals surface area contributed by atoms with Gasteiger partial charge in [-0.2, -0.15) is 4.99 Å². The fourth-order valence-corrected chi connectivity index (χ4v) is 3.00. The molecule has 4 N–H and O–H groups in total. The number of rotatable bonds is 1. The Labute approximate surface area is 130 Å². The maximum Gasteiger partial charge on any atom is 0.365 e. The van der Waals surface area contributed by atoms with Gasteiger partial charge in [-0.25, -0.2) is 19.3 Å². The Morgan fingerprint density at radius 2 is 2.00 bits per heavy atom. The van der Waals surface area contributed by atoms with E-state index in [4.69, 9.17) is 17.3 Å². The van der Waals surface area contributed by atoms with Crippen LogP contribution in [0, 0.1) is 5.82 Å². The molecule has 1 atom stereocenters. The second kappa shape index (κ2) is 4.71. The average Bonchev–Trinajstić information content (AvgIpc) is 2.84. The van der Waals surface area contributed by atoms with Gasteiger partial charge < -0.3 is 5.73 Å². The highest BCUT2D eigenvalue weighted by Gasteiger charge is 2.33. The van der Waals surface area contributed by atoms with Gasteiger partial charge in [0.25, 0.3) is 5.96 Å². The molecule has 0 spiro atoms. The molecule has 3 aromatic rings. The monoisotopic (exact) mass is 316 g/mol. The first kappa shape index (κ1) is 13.1. The van der Waals surface area contributed by atoms with Crippen molar-refractivity contribution in [3.05, 3.63) is 58.9 Å². The molecular formula is C15H12ClFN5+. The number of nitrogens with zero attached hydrogens (tertiary/aromatic N) is 2. The van der Waals surface area contributed by atoms with Crippen molar-refractivity contribution in [3.8, 4) is 0 Å². The topological polar surface area (TPSA) is 70.1 Å². The minimum absolute atomic E-state index is 0.205. The fourth-order valence-electron chi connectivity index (χ4n) is 2.74. The van der Waals surface area contributed by atoms with Gasteiger partial charge in [0.1, 0.15) is 16.9 Å². The van der Waals surface area contributed by atoms with Gasteiger partial charge in [-0.3, -0.25) is 0 Å². The molecule has 0 saturated carbocycles. The van der Waals surface area contributed by atoms with Gasteiger partial charge in [0.05, 0.1) is 10.6 Å². The summed E-state index contributed by atoms with van der Waals surface area (Å²) in [5.41, 5.74) is 7.91. The quantitative estimate of drug-likeness (QED) is 0.604. The summed E-state index contributed by atoms with van der Waals surface area (Å²) in [6, 6.07) is 12.3. The van der Waals surface area contributed by atoms with Crippen molar-refractivity contribution in [1.29, 1.82) is 0 Å². The van der Waals surface area contributed by atoms with Gasteiger partial charge in [0.2, 0.25) is 6.17 Å². The summed E-state index contributed by atoms with van der Waals surface area (Å²) in [5, 5.41) is 3.27. The standard InChI is InChI=1S/C15H11ClFN5/c16-8-4-3-5-9(17)12(8)13-20-14(18)21-15-19-10-6-1-2-7-11(10)22(13)15/h1-7,13H,(H3,18,19,20,21)/p+1/t13-/m0/s1. The van der Waals surface area contributed by atoms with E-state index in [0.29, 0.717) is 16.5 Å². The molecule has 4 rings (SSSR count). The summed E-state index contributed by atoms with van der Waals surface area (Å²) >= 11 is 6.20. The third kappa shape index (κ3) is 1.84. The van der Waals surface area contributed by atoms with E-state index in [1.165, 1.54) is 6.07 Å². The van der Waals surface area contributed by atoms with Crippen molar-refractivity contribution in [3.63, 3.8) is 0 Å². The van der Waals surface area contributed by atoms with Crippen LogP contribution in [0.3, 0.4) is 0 Å². The van der Waals surface area contributed by atoms with Crippen molar-refractivity contribution < 1.29 is 8.96 Å². The molecule has 2 aromatic carbocycles. The Bertz CT molecular complexity index is 897. The number of para-hydroxylation sites is 2. The predicted molar refractivity (Wildman–Crippen MR) is 83.3 cm³/mol. The first-order valence-electron chi connectivity index (χ1n) is 6.71. The van der Waals surface area contributed by atoms with E-state index in [2.05, 4.69) is 15.3 Å². The molecule has 7 heteroatoms. The molecule has 0 fully saturated rings. The van der Waals surface area contributed by atoms with Crippen LogP contribution in [0.25, 0.3) is 11.0 Å². The molecule has 22 heavy (non-hydrogen) atoms. The summed E-state index contributed by atoms with van der Waals surface area (Å²) in [6.07, 6.45) is -0.666. The zero-order valence-corrected chi connectivity index (χ0v) is 12.1. The van der Waals surface area contributed by atoms with Gasteiger partial charge in [-0.1, -0.05) is 29.8 Å². The number of fused-ring (bicyclic) bond motifs is 3. The van der Waals surface area contributed by atoms with Gasteiger partial charge in [-0.15, -0.1) is 0 Å². The smallest absolute Gasteiger partial charge is 0.357 e. The SMILES string of the molecule is NC1=N[C@H](c2c(F)cccc2Cl)[n+]2c([nH]c3ccccc32)N1. The molecule has 0 amide bonds. The number of nitrogens with two attached hydrogens (primary N) is 1. The normalized spacial score (nSPS) is 17.0. The number of imidazole rings is 1. The molecule has 0 saturated heterocycles. The second-order valence-corrected chi connectivity index (χ2v) is 5.42. The Hall–Kier alpha value is -2.60. The molecule has 0 unspecified atom stereocenters. The number of hydrogen-bond donors (Lipinski definition) is 3. The summed E-state index contributed by atoms with van der Waals surface area (Å²) in [5.74, 6) is 0.425. The van der Waals surface area contributed by atoms with Crippen molar-refractivity contribution in [2.24, 2.45) is 10.7 Å². The predicted octanol–water partition coefficient (Wildman–Crippen LogP) is 2.54. The molecule has 0 aliphatic carbocycles. The Balaban J connectivity index is 2.03. The van der Waals surface area contributed by atoms with E-state index in [0.717, 1.165) is 11.0 Å². The third-order valence-electron chi connectivity index (χ3n) is 3.67. The highest BCUT2D eigenvalue weighted by atomic mass is 35.5. The number of halogens is 2. The summed E-state index contributed by atoms with van der Waals surface area (Å²) < 4.78 is 16.2. The number of anilines is 1. The maximum absolute atomic E-state index is 14.3. The minimum Gasteiger partial charge on any atom is -0.357 e. The number of H-pyrrole nitrogens is 1. The molecule has 1 aliphatic heterocycles. The van der Waals surface area contributed by atoms with Crippen LogP contribution in [-0.2, 0) is 0 Å². The van der Waals surface area contributed by atoms with Gasteiger partial charge in [-0.05, 0) is 24.3 Å². The molecule has 1 aromatic heterocycles.